The van der Waals surface area contributed by atoms with Crippen LogP contribution in [0.2, 0.25) is 5.02 Å². The molecule has 1 atom stereocenters. The summed E-state index contributed by atoms with van der Waals surface area (Å²) < 4.78 is 16.3. The summed E-state index contributed by atoms with van der Waals surface area (Å²) in [7, 11) is 1.59. The number of hydrogen-bond acceptors (Lipinski definition) is 4. The molecule has 0 bridgehead atoms. The van der Waals surface area contributed by atoms with Gasteiger partial charge in [0.05, 0.1) is 31.4 Å². The van der Waals surface area contributed by atoms with E-state index in [0.717, 1.165) is 5.56 Å². The minimum absolute atomic E-state index is 0.229. The fourth-order valence-corrected chi connectivity index (χ4v) is 2.76. The predicted molar refractivity (Wildman–Crippen MR) is 107 cm³/mol. The Morgan fingerprint density at radius 3 is 2.33 bits per heavy atom. The number of ether oxygens (including phenoxy) is 3. The van der Waals surface area contributed by atoms with Gasteiger partial charge < -0.3 is 24.8 Å². The molecule has 0 aliphatic rings. The lowest BCUT2D eigenvalue weighted by Gasteiger charge is -2.17. The number of carbonyl (C=O) groups excluding carboxylic acids is 1. The molecule has 7 heteroatoms. The molecule has 1 unspecified atom stereocenters. The van der Waals surface area contributed by atoms with E-state index in [0.29, 0.717) is 41.2 Å². The largest absolute Gasteiger partial charge is 0.493 e. The quantitative estimate of drug-likeness (QED) is 0.661. The summed E-state index contributed by atoms with van der Waals surface area (Å²) in [5.41, 5.74) is 1.48. The van der Waals surface area contributed by atoms with E-state index >= 15 is 0 Å². The van der Waals surface area contributed by atoms with Gasteiger partial charge >= 0.3 is 6.03 Å². The van der Waals surface area contributed by atoms with Gasteiger partial charge in [0.2, 0.25) is 0 Å². The summed E-state index contributed by atoms with van der Waals surface area (Å²) in [6, 6.07) is 10.1. The lowest BCUT2D eigenvalue weighted by atomic mass is 10.1. The molecule has 0 heterocycles. The van der Waals surface area contributed by atoms with E-state index < -0.39 is 0 Å². The molecule has 0 aliphatic carbocycles. The maximum absolute atomic E-state index is 12.3. The van der Waals surface area contributed by atoms with Crippen LogP contribution in [-0.4, -0.2) is 26.4 Å². The van der Waals surface area contributed by atoms with Gasteiger partial charge in [-0.05, 0) is 56.7 Å². The maximum Gasteiger partial charge on any atom is 0.319 e. The van der Waals surface area contributed by atoms with Crippen molar-refractivity contribution >= 4 is 23.3 Å². The van der Waals surface area contributed by atoms with Crippen molar-refractivity contribution < 1.29 is 19.0 Å². The van der Waals surface area contributed by atoms with Crippen molar-refractivity contribution in [1.29, 1.82) is 0 Å². The smallest absolute Gasteiger partial charge is 0.319 e. The van der Waals surface area contributed by atoms with E-state index in [1.54, 1.807) is 25.3 Å². The van der Waals surface area contributed by atoms with E-state index in [-0.39, 0.29) is 12.1 Å². The van der Waals surface area contributed by atoms with Gasteiger partial charge in [0.1, 0.15) is 5.75 Å². The molecule has 0 aromatic heterocycles. The van der Waals surface area contributed by atoms with Crippen molar-refractivity contribution in [2.45, 2.75) is 26.8 Å². The average Bonchev–Trinajstić information content (AvgIpc) is 2.64. The Morgan fingerprint density at radius 1 is 1.04 bits per heavy atom. The SMILES string of the molecule is CCOc1ccc(NC(=O)NC(C)c2ccc(OCC)c(OC)c2)cc1Cl. The molecule has 27 heavy (non-hydrogen) atoms. The maximum atomic E-state index is 12.3. The summed E-state index contributed by atoms with van der Waals surface area (Å²) in [5, 5.41) is 6.10. The third-order valence-electron chi connectivity index (χ3n) is 3.82. The van der Waals surface area contributed by atoms with Crippen molar-refractivity contribution in [3.05, 3.63) is 47.0 Å². The second kappa shape index (κ2) is 9.92. The molecule has 0 spiro atoms. The van der Waals surface area contributed by atoms with Crippen LogP contribution in [0.15, 0.2) is 36.4 Å². The van der Waals surface area contributed by atoms with Gasteiger partial charge in [0.15, 0.2) is 11.5 Å². The van der Waals surface area contributed by atoms with Crippen LogP contribution in [0.1, 0.15) is 32.4 Å². The van der Waals surface area contributed by atoms with Crippen molar-refractivity contribution in [2.75, 3.05) is 25.6 Å². The van der Waals surface area contributed by atoms with Gasteiger partial charge in [-0.3, -0.25) is 0 Å². The highest BCUT2D eigenvalue weighted by Crippen LogP contribution is 2.30. The molecule has 2 N–H and O–H groups in total. The van der Waals surface area contributed by atoms with Crippen LogP contribution in [0.4, 0.5) is 10.5 Å². The molecule has 146 valence electrons. The zero-order chi connectivity index (χ0) is 19.8. The molecule has 2 amide bonds. The van der Waals surface area contributed by atoms with Gasteiger partial charge in [-0.1, -0.05) is 17.7 Å². The summed E-state index contributed by atoms with van der Waals surface area (Å²) in [6.45, 7) is 6.76. The number of halogens is 1. The van der Waals surface area contributed by atoms with Crippen LogP contribution >= 0.6 is 11.6 Å². The molecule has 0 saturated carbocycles. The van der Waals surface area contributed by atoms with Crippen molar-refractivity contribution in [1.82, 2.24) is 5.32 Å². The minimum atomic E-state index is -0.337. The number of nitrogens with one attached hydrogen (secondary N) is 2. The van der Waals surface area contributed by atoms with E-state index in [2.05, 4.69) is 10.6 Å². The van der Waals surface area contributed by atoms with Gasteiger partial charge in [-0.15, -0.1) is 0 Å². The Balaban J connectivity index is 2.02. The lowest BCUT2D eigenvalue weighted by molar-refractivity contribution is 0.249. The van der Waals surface area contributed by atoms with Crippen molar-refractivity contribution in [2.24, 2.45) is 0 Å². The van der Waals surface area contributed by atoms with Crippen LogP contribution in [0.5, 0.6) is 17.2 Å². The standard InChI is InChI=1S/C20H25ClN2O4/c1-5-26-17-10-8-15(12-16(17)21)23-20(24)22-13(3)14-7-9-18(27-6-2)19(11-14)25-4/h7-13H,5-6H2,1-4H3,(H2,22,23,24). The Kier molecular flexibility index (Phi) is 7.61. The van der Waals surface area contributed by atoms with Crippen LogP contribution in [-0.2, 0) is 0 Å². The Bertz CT molecular complexity index is 783. The number of carbonyl (C=O) groups is 1. The Labute approximate surface area is 164 Å². The number of amides is 2. The zero-order valence-corrected chi connectivity index (χ0v) is 16.7. The molecule has 0 saturated heterocycles. The first-order valence-electron chi connectivity index (χ1n) is 8.79. The molecular weight excluding hydrogens is 368 g/mol. The fraction of sp³-hybridized carbons (Fsp3) is 0.350. The third-order valence-corrected chi connectivity index (χ3v) is 4.12. The number of hydrogen-bond donors (Lipinski definition) is 2. The van der Waals surface area contributed by atoms with E-state index in [1.807, 2.05) is 39.0 Å². The summed E-state index contributed by atoms with van der Waals surface area (Å²) in [6.07, 6.45) is 0. The third kappa shape index (κ3) is 5.69. The van der Waals surface area contributed by atoms with Crippen LogP contribution in [0.3, 0.4) is 0 Å². The number of methoxy groups -OCH3 is 1. The topological polar surface area (TPSA) is 68.8 Å². The molecule has 0 fully saturated rings. The highest BCUT2D eigenvalue weighted by Gasteiger charge is 2.13. The van der Waals surface area contributed by atoms with Gasteiger partial charge in [0.25, 0.3) is 0 Å². The van der Waals surface area contributed by atoms with Gasteiger partial charge in [-0.2, -0.15) is 0 Å². The number of benzene rings is 2. The van der Waals surface area contributed by atoms with Gasteiger partial charge in [0, 0.05) is 5.69 Å². The van der Waals surface area contributed by atoms with Crippen LogP contribution in [0.25, 0.3) is 0 Å². The normalized spacial score (nSPS) is 11.4. The second-order valence-corrected chi connectivity index (χ2v) is 6.15. The Hall–Kier alpha value is -2.60. The molecule has 2 aromatic rings. The fourth-order valence-electron chi connectivity index (χ4n) is 2.53. The van der Waals surface area contributed by atoms with E-state index in [1.165, 1.54) is 0 Å². The van der Waals surface area contributed by atoms with E-state index in [9.17, 15) is 4.79 Å². The lowest BCUT2D eigenvalue weighted by Crippen LogP contribution is -2.31. The first-order chi connectivity index (χ1) is 13.0. The first kappa shape index (κ1) is 20.7. The molecule has 0 aliphatic heterocycles. The predicted octanol–water partition coefficient (Wildman–Crippen LogP) is 5.03. The minimum Gasteiger partial charge on any atom is -0.493 e. The second-order valence-electron chi connectivity index (χ2n) is 5.74. The van der Waals surface area contributed by atoms with Gasteiger partial charge in [-0.25, -0.2) is 4.79 Å². The summed E-state index contributed by atoms with van der Waals surface area (Å²) >= 11 is 6.14. The molecule has 2 rings (SSSR count). The monoisotopic (exact) mass is 392 g/mol. The molecule has 2 aromatic carbocycles. The zero-order valence-electron chi connectivity index (χ0n) is 16.0. The highest BCUT2D eigenvalue weighted by molar-refractivity contribution is 6.32. The van der Waals surface area contributed by atoms with Crippen LogP contribution in [0, 0.1) is 0 Å². The summed E-state index contributed by atoms with van der Waals surface area (Å²) in [5.74, 6) is 1.88. The van der Waals surface area contributed by atoms with Crippen molar-refractivity contribution in [3.63, 3.8) is 0 Å². The average molecular weight is 393 g/mol. The van der Waals surface area contributed by atoms with Crippen molar-refractivity contribution in [3.8, 4) is 17.2 Å². The number of rotatable bonds is 8. The molecule has 0 radical (unpaired) electrons. The molecule has 6 nitrogen and oxygen atoms in total. The number of anilines is 1. The molecular formula is C20H25ClN2O4. The highest BCUT2D eigenvalue weighted by atomic mass is 35.5. The summed E-state index contributed by atoms with van der Waals surface area (Å²) in [4.78, 5) is 12.3. The van der Waals surface area contributed by atoms with Crippen LogP contribution < -0.4 is 24.8 Å². The number of urea groups is 1. The van der Waals surface area contributed by atoms with E-state index in [4.69, 9.17) is 25.8 Å². The Morgan fingerprint density at radius 2 is 1.70 bits per heavy atom. The first-order valence-corrected chi connectivity index (χ1v) is 9.16.